The molecule has 0 heterocycles. The minimum atomic E-state index is -4.22. The molecule has 0 aromatic rings. The van der Waals surface area contributed by atoms with Gasteiger partial charge < -0.3 is 9.79 Å². The smallest absolute Gasteiger partial charge is 0.302 e. The molecule has 0 aromatic carbocycles. The summed E-state index contributed by atoms with van der Waals surface area (Å²) in [5.74, 6) is 0. The van der Waals surface area contributed by atoms with Gasteiger partial charge in [0.15, 0.2) is 0 Å². The monoisotopic (exact) mass is 256 g/mol. The van der Waals surface area contributed by atoms with Crippen LogP contribution < -0.4 is 0 Å². The molecule has 0 spiro atoms. The van der Waals surface area contributed by atoms with Crippen molar-refractivity contribution in [3.8, 4) is 0 Å². The van der Waals surface area contributed by atoms with Gasteiger partial charge in [-0.3, -0.25) is 4.31 Å². The molecule has 0 bridgehead atoms. The van der Waals surface area contributed by atoms with Gasteiger partial charge in [-0.15, -0.1) is 0 Å². The molecule has 0 radical (unpaired) electrons. The lowest BCUT2D eigenvalue weighted by Crippen LogP contribution is -1.83. The van der Waals surface area contributed by atoms with E-state index in [9.17, 15) is 4.57 Å². The zero-order chi connectivity index (χ0) is 11.6. The molecule has 0 fully saturated rings. The Bertz CT molecular complexity index is 181. The second kappa shape index (κ2) is 9.74. The molecule has 0 amide bonds. The van der Waals surface area contributed by atoms with Gasteiger partial charge in [-0.25, -0.2) is 4.57 Å². The number of hydrogen-bond acceptors (Lipinski definition) is 2. The van der Waals surface area contributed by atoms with Crippen LogP contribution in [-0.4, -0.2) is 15.9 Å². The van der Waals surface area contributed by atoms with Gasteiger partial charge in [0.2, 0.25) is 0 Å². The maximum atomic E-state index is 10.3. The molecule has 4 nitrogen and oxygen atoms in total. The van der Waals surface area contributed by atoms with E-state index in [2.05, 4.69) is 11.2 Å². The minimum absolute atomic E-state index is 0.0672. The van der Waals surface area contributed by atoms with Gasteiger partial charge in [0, 0.05) is 8.81 Å². The summed E-state index contributed by atoms with van der Waals surface area (Å²) in [6.45, 7) is 2.19. The SMILES string of the molecule is CCCCCCCCCPOP(=O)(O)O. The van der Waals surface area contributed by atoms with Crippen LogP contribution in [0.2, 0.25) is 0 Å². The summed E-state index contributed by atoms with van der Waals surface area (Å²) in [4.78, 5) is 16.8. The summed E-state index contributed by atoms with van der Waals surface area (Å²) in [6, 6.07) is 0. The first kappa shape index (κ1) is 15.5. The number of phosphoric acid groups is 1. The summed E-state index contributed by atoms with van der Waals surface area (Å²) in [7, 11) is -4.29. The number of unbranched alkanes of at least 4 members (excludes halogenated alkanes) is 6. The Morgan fingerprint density at radius 1 is 1.07 bits per heavy atom. The molecule has 0 aromatic heterocycles. The van der Waals surface area contributed by atoms with Crippen LogP contribution >= 0.6 is 16.6 Å². The molecule has 0 aliphatic rings. The average Bonchev–Trinajstić information content (AvgIpc) is 2.14. The van der Waals surface area contributed by atoms with Gasteiger partial charge in [-0.1, -0.05) is 45.4 Å². The highest BCUT2D eigenvalue weighted by Gasteiger charge is 2.12. The van der Waals surface area contributed by atoms with Crippen LogP contribution in [0.4, 0.5) is 0 Å². The first-order chi connectivity index (χ1) is 7.06. The van der Waals surface area contributed by atoms with E-state index in [0.29, 0.717) is 0 Å². The first-order valence-electron chi connectivity index (χ1n) is 5.53. The Kier molecular flexibility index (Phi) is 10.1. The van der Waals surface area contributed by atoms with Crippen molar-refractivity contribution in [2.24, 2.45) is 0 Å². The van der Waals surface area contributed by atoms with Crippen LogP contribution in [0.3, 0.4) is 0 Å². The van der Waals surface area contributed by atoms with Crippen molar-refractivity contribution in [1.82, 2.24) is 0 Å². The second-order valence-corrected chi connectivity index (χ2v) is 6.10. The molecular weight excluding hydrogens is 234 g/mol. The van der Waals surface area contributed by atoms with E-state index < -0.39 is 7.82 Å². The van der Waals surface area contributed by atoms with Crippen LogP contribution in [0.5, 0.6) is 0 Å². The Morgan fingerprint density at radius 2 is 1.60 bits per heavy atom. The molecule has 2 N–H and O–H groups in total. The molecule has 0 saturated carbocycles. The van der Waals surface area contributed by atoms with Crippen LogP contribution in [0, 0.1) is 0 Å². The molecule has 6 heteroatoms. The maximum Gasteiger partial charge on any atom is 0.472 e. The van der Waals surface area contributed by atoms with E-state index in [-0.39, 0.29) is 8.81 Å². The molecule has 0 aliphatic heterocycles. The molecule has 0 saturated heterocycles. The second-order valence-electron chi connectivity index (χ2n) is 3.60. The minimum Gasteiger partial charge on any atom is -0.302 e. The number of rotatable bonds is 10. The zero-order valence-electron chi connectivity index (χ0n) is 9.31. The highest BCUT2D eigenvalue weighted by atomic mass is 31.2. The third-order valence-electron chi connectivity index (χ3n) is 2.07. The van der Waals surface area contributed by atoms with Crippen molar-refractivity contribution in [2.75, 3.05) is 6.16 Å². The van der Waals surface area contributed by atoms with Crippen molar-refractivity contribution in [3.05, 3.63) is 0 Å². The standard InChI is InChI=1S/C9H22O4P2/c1-2-3-4-5-6-7-8-9-14-13-15(10,11)12/h14H,2-9H2,1H3,(H2,10,11,12). The van der Waals surface area contributed by atoms with Crippen molar-refractivity contribution in [3.63, 3.8) is 0 Å². The highest BCUT2D eigenvalue weighted by Crippen LogP contribution is 2.43. The average molecular weight is 256 g/mol. The normalized spacial score (nSPS) is 12.7. The van der Waals surface area contributed by atoms with E-state index in [1.165, 1.54) is 32.1 Å². The predicted molar refractivity (Wildman–Crippen MR) is 64.3 cm³/mol. The zero-order valence-corrected chi connectivity index (χ0v) is 11.2. The molecule has 1 atom stereocenters. The van der Waals surface area contributed by atoms with E-state index in [0.717, 1.165) is 19.0 Å². The van der Waals surface area contributed by atoms with Gasteiger partial charge in [0.25, 0.3) is 0 Å². The predicted octanol–water partition coefficient (Wildman–Crippen LogP) is 3.44. The van der Waals surface area contributed by atoms with Gasteiger partial charge in [-0.2, -0.15) is 0 Å². The summed E-state index contributed by atoms with van der Waals surface area (Å²) in [5, 5.41) is 0. The molecular formula is C9H22O4P2. The third-order valence-corrected chi connectivity index (χ3v) is 4.09. The van der Waals surface area contributed by atoms with Crippen LogP contribution in [0.25, 0.3) is 0 Å². The number of hydrogen-bond donors (Lipinski definition) is 2. The molecule has 0 rings (SSSR count). The van der Waals surface area contributed by atoms with Crippen molar-refractivity contribution in [1.29, 1.82) is 0 Å². The Hall–Kier alpha value is 0.540. The molecule has 15 heavy (non-hydrogen) atoms. The fourth-order valence-corrected chi connectivity index (χ4v) is 2.72. The van der Waals surface area contributed by atoms with E-state index in [1.807, 2.05) is 0 Å². The van der Waals surface area contributed by atoms with Gasteiger partial charge >= 0.3 is 7.82 Å². The summed E-state index contributed by atoms with van der Waals surface area (Å²) in [6.07, 6.45) is 9.28. The Morgan fingerprint density at radius 3 is 2.13 bits per heavy atom. The van der Waals surface area contributed by atoms with Crippen molar-refractivity contribution >= 4 is 16.6 Å². The molecule has 92 valence electrons. The fourth-order valence-electron chi connectivity index (χ4n) is 1.28. The topological polar surface area (TPSA) is 66.8 Å². The lowest BCUT2D eigenvalue weighted by molar-refractivity contribution is 0.295. The lowest BCUT2D eigenvalue weighted by atomic mass is 10.1. The van der Waals surface area contributed by atoms with Crippen LogP contribution in [0.1, 0.15) is 51.9 Å². The van der Waals surface area contributed by atoms with Gasteiger partial charge in [0.1, 0.15) is 0 Å². The highest BCUT2D eigenvalue weighted by molar-refractivity contribution is 7.54. The van der Waals surface area contributed by atoms with Crippen LogP contribution in [0.15, 0.2) is 0 Å². The Labute approximate surface area is 93.9 Å². The summed E-state index contributed by atoms with van der Waals surface area (Å²) < 4.78 is 14.7. The Balaban J connectivity index is 3.02. The summed E-state index contributed by atoms with van der Waals surface area (Å²) >= 11 is 0. The fraction of sp³-hybridized carbons (Fsp3) is 1.00. The van der Waals surface area contributed by atoms with Crippen molar-refractivity contribution < 1.29 is 18.7 Å². The quantitative estimate of drug-likeness (QED) is 0.464. The third kappa shape index (κ3) is 14.5. The first-order valence-corrected chi connectivity index (χ1v) is 8.18. The van der Waals surface area contributed by atoms with Crippen molar-refractivity contribution in [2.45, 2.75) is 51.9 Å². The maximum absolute atomic E-state index is 10.3. The van der Waals surface area contributed by atoms with E-state index >= 15 is 0 Å². The van der Waals surface area contributed by atoms with Crippen LogP contribution in [-0.2, 0) is 8.88 Å². The largest absolute Gasteiger partial charge is 0.472 e. The van der Waals surface area contributed by atoms with E-state index in [4.69, 9.17) is 9.79 Å². The summed E-state index contributed by atoms with van der Waals surface area (Å²) in [5.41, 5.74) is 0. The lowest BCUT2D eigenvalue weighted by Gasteiger charge is -2.04. The molecule has 1 unspecified atom stereocenters. The van der Waals surface area contributed by atoms with E-state index in [1.54, 1.807) is 0 Å². The van der Waals surface area contributed by atoms with Gasteiger partial charge in [-0.05, 0) is 12.6 Å². The molecule has 0 aliphatic carbocycles. The van der Waals surface area contributed by atoms with Gasteiger partial charge in [0.05, 0.1) is 0 Å².